The van der Waals surface area contributed by atoms with Gasteiger partial charge in [0, 0.05) is 11.1 Å². The maximum Gasteiger partial charge on any atom is 0.255 e. The summed E-state index contributed by atoms with van der Waals surface area (Å²) in [5, 5.41) is 5.73. The molecule has 2 N–H and O–H groups in total. The fraction of sp³-hybridized carbons (Fsp3) is 0. The number of sulfone groups is 1. The van der Waals surface area contributed by atoms with Crippen molar-refractivity contribution in [1.82, 2.24) is 0 Å². The molecule has 8 nitrogen and oxygen atoms in total. The maximum absolute atomic E-state index is 13.5. The van der Waals surface area contributed by atoms with Crippen molar-refractivity contribution in [3.63, 3.8) is 0 Å². The molecule has 0 saturated heterocycles. The van der Waals surface area contributed by atoms with Crippen molar-refractivity contribution in [2.75, 3.05) is 10.6 Å². The van der Waals surface area contributed by atoms with Crippen LogP contribution in [0.15, 0.2) is 169 Å². The molecule has 51 heavy (non-hydrogen) atoms. The van der Waals surface area contributed by atoms with Crippen LogP contribution in [0.3, 0.4) is 0 Å². The molecule has 0 unspecified atom stereocenters. The summed E-state index contributed by atoms with van der Waals surface area (Å²) >= 11 is 0. The van der Waals surface area contributed by atoms with Crippen LogP contribution in [0.1, 0.15) is 31.8 Å². The summed E-state index contributed by atoms with van der Waals surface area (Å²) < 4.78 is 39.0. The summed E-state index contributed by atoms with van der Waals surface area (Å²) in [4.78, 5) is 25.9. The molecule has 2 amide bonds. The van der Waals surface area contributed by atoms with Crippen LogP contribution in [0.2, 0.25) is 0 Å². The molecule has 0 saturated carbocycles. The van der Waals surface area contributed by atoms with E-state index >= 15 is 0 Å². The van der Waals surface area contributed by atoms with E-state index in [1.54, 1.807) is 133 Å². The van der Waals surface area contributed by atoms with Crippen LogP contribution in [-0.4, -0.2) is 20.2 Å². The first-order valence-electron chi connectivity index (χ1n) is 15.8. The van der Waals surface area contributed by atoms with Gasteiger partial charge in [-0.2, -0.15) is 0 Å². The number of hydrogen-bond acceptors (Lipinski definition) is 6. The van der Waals surface area contributed by atoms with Crippen LogP contribution in [0.4, 0.5) is 11.4 Å². The Morgan fingerprint density at radius 3 is 1.20 bits per heavy atom. The summed E-state index contributed by atoms with van der Waals surface area (Å²) in [7, 11) is -3.88. The van der Waals surface area contributed by atoms with Gasteiger partial charge in [0.05, 0.1) is 21.2 Å². The van der Waals surface area contributed by atoms with Crippen molar-refractivity contribution >= 4 is 45.2 Å². The van der Waals surface area contributed by atoms with Gasteiger partial charge in [0.1, 0.15) is 11.5 Å². The Hall–Kier alpha value is -6.71. The Kier molecular flexibility index (Phi) is 10.2. The van der Waals surface area contributed by atoms with E-state index in [2.05, 4.69) is 23.8 Å². The lowest BCUT2D eigenvalue weighted by atomic mass is 10.1. The van der Waals surface area contributed by atoms with Crippen LogP contribution in [0.25, 0.3) is 12.2 Å². The van der Waals surface area contributed by atoms with Gasteiger partial charge in [-0.15, -0.1) is 0 Å². The van der Waals surface area contributed by atoms with Crippen molar-refractivity contribution in [2.45, 2.75) is 9.79 Å². The number of carbonyl (C=O) groups excluding carboxylic acids is 2. The molecule has 252 valence electrons. The van der Waals surface area contributed by atoms with Gasteiger partial charge in [0.25, 0.3) is 11.8 Å². The van der Waals surface area contributed by atoms with Crippen molar-refractivity contribution in [3.05, 3.63) is 181 Å². The van der Waals surface area contributed by atoms with E-state index in [4.69, 9.17) is 9.47 Å². The van der Waals surface area contributed by atoms with Gasteiger partial charge in [0.2, 0.25) is 9.84 Å². The van der Waals surface area contributed by atoms with Crippen molar-refractivity contribution < 1.29 is 27.5 Å². The first-order chi connectivity index (χ1) is 24.7. The predicted molar refractivity (Wildman–Crippen MR) is 200 cm³/mol. The van der Waals surface area contributed by atoms with Crippen LogP contribution in [-0.2, 0) is 9.84 Å². The average Bonchev–Trinajstić information content (AvgIpc) is 3.17. The zero-order valence-electron chi connectivity index (χ0n) is 27.3. The molecular formula is C42H32N2O6S. The van der Waals surface area contributed by atoms with Crippen LogP contribution < -0.4 is 20.1 Å². The lowest BCUT2D eigenvalue weighted by Crippen LogP contribution is -2.12. The first-order valence-corrected chi connectivity index (χ1v) is 17.3. The fourth-order valence-corrected chi connectivity index (χ4v) is 6.27. The highest BCUT2D eigenvalue weighted by Crippen LogP contribution is 2.33. The Balaban J connectivity index is 1.11. The Labute approximate surface area is 296 Å². The van der Waals surface area contributed by atoms with Crippen LogP contribution in [0, 0.1) is 0 Å². The van der Waals surface area contributed by atoms with Gasteiger partial charge < -0.3 is 20.1 Å². The molecule has 9 heteroatoms. The summed E-state index contributed by atoms with van der Waals surface area (Å²) in [6.45, 7) is 7.45. The zero-order valence-corrected chi connectivity index (χ0v) is 28.1. The van der Waals surface area contributed by atoms with Gasteiger partial charge in [0.15, 0.2) is 11.5 Å². The minimum absolute atomic E-state index is 0.0715. The zero-order chi connectivity index (χ0) is 35.8. The summed E-state index contributed by atoms with van der Waals surface area (Å²) in [6, 6.07) is 40.0. The molecule has 0 aromatic heterocycles. The largest absolute Gasteiger partial charge is 0.455 e. The number of ether oxygens (including phenoxy) is 2. The molecule has 0 atom stereocenters. The van der Waals surface area contributed by atoms with Crippen LogP contribution >= 0.6 is 0 Å². The molecule has 0 spiro atoms. The molecule has 0 aliphatic carbocycles. The highest BCUT2D eigenvalue weighted by atomic mass is 32.2. The summed E-state index contributed by atoms with van der Waals surface area (Å²) in [5.74, 6) is 0.942. The van der Waals surface area contributed by atoms with E-state index in [0.29, 0.717) is 45.5 Å². The third-order valence-corrected chi connectivity index (χ3v) is 9.60. The van der Waals surface area contributed by atoms with Crippen molar-refractivity contribution in [1.29, 1.82) is 0 Å². The normalized spacial score (nSPS) is 10.8. The van der Waals surface area contributed by atoms with E-state index in [0.717, 1.165) is 11.1 Å². The number of anilines is 2. The Bertz CT molecular complexity index is 2160. The highest BCUT2D eigenvalue weighted by Gasteiger charge is 2.19. The second-order valence-corrected chi connectivity index (χ2v) is 13.2. The van der Waals surface area contributed by atoms with Gasteiger partial charge in [-0.3, -0.25) is 9.59 Å². The molecule has 0 heterocycles. The molecule has 0 aliphatic rings. The number of rotatable bonds is 12. The third kappa shape index (κ3) is 8.13. The minimum atomic E-state index is -3.88. The second kappa shape index (κ2) is 15.2. The van der Waals surface area contributed by atoms with Gasteiger partial charge in [-0.05, 0) is 108 Å². The van der Waals surface area contributed by atoms with Crippen molar-refractivity contribution in [3.8, 4) is 23.0 Å². The topological polar surface area (TPSA) is 111 Å². The molecule has 0 bridgehead atoms. The predicted octanol–water partition coefficient (Wildman–Crippen LogP) is 9.89. The third-order valence-electron chi connectivity index (χ3n) is 7.81. The minimum Gasteiger partial charge on any atom is -0.455 e. The average molecular weight is 693 g/mol. The van der Waals surface area contributed by atoms with Crippen LogP contribution in [0.5, 0.6) is 23.0 Å². The molecule has 6 aromatic rings. The van der Waals surface area contributed by atoms with E-state index in [-0.39, 0.29) is 21.6 Å². The number of para-hydroxylation sites is 4. The molecule has 0 radical (unpaired) electrons. The van der Waals surface area contributed by atoms with Gasteiger partial charge in [-0.1, -0.05) is 73.8 Å². The molecule has 0 aliphatic heterocycles. The molecule has 6 rings (SSSR count). The van der Waals surface area contributed by atoms with E-state index in [9.17, 15) is 18.0 Å². The smallest absolute Gasteiger partial charge is 0.255 e. The molecule has 6 aromatic carbocycles. The van der Waals surface area contributed by atoms with Gasteiger partial charge in [-0.25, -0.2) is 8.42 Å². The van der Waals surface area contributed by atoms with E-state index in [1.165, 1.54) is 24.3 Å². The van der Waals surface area contributed by atoms with E-state index in [1.807, 2.05) is 0 Å². The van der Waals surface area contributed by atoms with E-state index < -0.39 is 9.84 Å². The van der Waals surface area contributed by atoms with Gasteiger partial charge >= 0.3 is 0 Å². The lowest BCUT2D eigenvalue weighted by molar-refractivity contribution is 0.101. The maximum atomic E-state index is 13.5. The summed E-state index contributed by atoms with van der Waals surface area (Å²) in [5.41, 5.74) is 3.67. The highest BCUT2D eigenvalue weighted by molar-refractivity contribution is 7.91. The Morgan fingerprint density at radius 2 is 0.843 bits per heavy atom. The lowest BCUT2D eigenvalue weighted by Gasteiger charge is -2.13. The quantitative estimate of drug-likeness (QED) is 0.132. The monoisotopic (exact) mass is 692 g/mol. The first kappa shape index (κ1) is 34.2. The molecular weight excluding hydrogens is 661 g/mol. The Morgan fingerprint density at radius 1 is 0.490 bits per heavy atom. The summed E-state index contributed by atoms with van der Waals surface area (Å²) in [6.07, 6.45) is 3.40. The second-order valence-electron chi connectivity index (χ2n) is 11.2. The number of benzene rings is 6. The SMILES string of the molecule is C=Cc1ccc(C(=O)Nc2ccccc2Oc2ccc(S(=O)(=O)c3ccc(Oc4ccccc4NC(=O)c4ccc(C=C)cc4)cc3)cc2)cc1. The number of carbonyl (C=O) groups is 2. The number of amides is 2. The van der Waals surface area contributed by atoms with Crippen molar-refractivity contribution in [2.24, 2.45) is 0 Å². The number of nitrogens with one attached hydrogen (secondary N) is 2. The standard InChI is InChI=1S/C42H32N2O6S/c1-3-29-13-17-31(18-14-29)41(45)43-37-9-5-7-11-39(37)49-33-21-25-35(26-22-33)51(47,48)36-27-23-34(24-28-36)50-40-12-8-6-10-38(40)44-42(46)32-19-15-30(4-2)16-20-32/h3-28H,1-2H2,(H,43,45)(H,44,46). The fourth-order valence-electron chi connectivity index (χ4n) is 5.01. The number of hydrogen-bond donors (Lipinski definition) is 2. The molecule has 0 fully saturated rings.